The van der Waals surface area contributed by atoms with Crippen LogP contribution in [0.25, 0.3) is 0 Å². The van der Waals surface area contributed by atoms with Gasteiger partial charge >= 0.3 is 0 Å². The number of rotatable bonds is 3. The molecule has 1 atom stereocenters. The summed E-state index contributed by atoms with van der Waals surface area (Å²) in [5.41, 5.74) is 3.24. The van der Waals surface area contributed by atoms with Gasteiger partial charge in [-0.1, -0.05) is 12.1 Å². The van der Waals surface area contributed by atoms with E-state index in [1.807, 2.05) is 12.1 Å². The lowest BCUT2D eigenvalue weighted by Crippen LogP contribution is -2.06. The standard InChI is InChI=1S/C16H16FNO/c1-11(18-15-4-2-3-14(17)10-15)12-5-6-16-13(9-12)7-8-19-16/h2-6,9-11,18H,7-8H2,1H3. The van der Waals surface area contributed by atoms with Crippen molar-refractivity contribution in [2.75, 3.05) is 11.9 Å². The Morgan fingerprint density at radius 3 is 2.95 bits per heavy atom. The molecule has 0 saturated carbocycles. The third kappa shape index (κ3) is 2.55. The molecule has 3 rings (SSSR count). The van der Waals surface area contributed by atoms with Crippen LogP contribution in [-0.4, -0.2) is 6.61 Å². The van der Waals surface area contributed by atoms with Crippen LogP contribution in [0, 0.1) is 5.82 Å². The second-order valence-electron chi connectivity index (χ2n) is 4.84. The second-order valence-corrected chi connectivity index (χ2v) is 4.84. The molecular weight excluding hydrogens is 241 g/mol. The highest BCUT2D eigenvalue weighted by molar-refractivity contribution is 5.47. The van der Waals surface area contributed by atoms with Gasteiger partial charge in [-0.2, -0.15) is 0 Å². The Morgan fingerprint density at radius 1 is 1.21 bits per heavy atom. The molecule has 2 aromatic carbocycles. The molecule has 1 N–H and O–H groups in total. The van der Waals surface area contributed by atoms with E-state index in [9.17, 15) is 4.39 Å². The molecule has 0 bridgehead atoms. The SMILES string of the molecule is CC(Nc1cccc(F)c1)c1ccc2c(c1)CCO2. The predicted molar refractivity (Wildman–Crippen MR) is 74.1 cm³/mol. The summed E-state index contributed by atoms with van der Waals surface area (Å²) < 4.78 is 18.6. The van der Waals surface area contributed by atoms with E-state index in [1.54, 1.807) is 6.07 Å². The molecule has 0 saturated heterocycles. The molecular formula is C16H16FNO. The predicted octanol–water partition coefficient (Wildman–Crippen LogP) is 3.93. The van der Waals surface area contributed by atoms with E-state index in [0.717, 1.165) is 24.5 Å². The van der Waals surface area contributed by atoms with Crippen LogP contribution in [0.2, 0.25) is 0 Å². The molecule has 1 heterocycles. The van der Waals surface area contributed by atoms with Gasteiger partial charge in [0.2, 0.25) is 0 Å². The first-order valence-corrected chi connectivity index (χ1v) is 6.50. The summed E-state index contributed by atoms with van der Waals surface area (Å²) >= 11 is 0. The van der Waals surface area contributed by atoms with Crippen molar-refractivity contribution in [2.45, 2.75) is 19.4 Å². The molecule has 0 fully saturated rings. The number of fused-ring (bicyclic) bond motifs is 1. The molecule has 0 radical (unpaired) electrons. The Morgan fingerprint density at radius 2 is 2.11 bits per heavy atom. The number of nitrogens with one attached hydrogen (secondary N) is 1. The number of benzene rings is 2. The van der Waals surface area contributed by atoms with Crippen LogP contribution in [0.4, 0.5) is 10.1 Å². The van der Waals surface area contributed by atoms with E-state index in [2.05, 4.69) is 24.4 Å². The summed E-state index contributed by atoms with van der Waals surface area (Å²) in [5.74, 6) is 0.765. The zero-order chi connectivity index (χ0) is 13.2. The van der Waals surface area contributed by atoms with E-state index < -0.39 is 0 Å². The summed E-state index contributed by atoms with van der Waals surface area (Å²) in [7, 11) is 0. The molecule has 0 spiro atoms. The van der Waals surface area contributed by atoms with Gasteiger partial charge in [-0.15, -0.1) is 0 Å². The average Bonchev–Trinajstić information content (AvgIpc) is 2.85. The van der Waals surface area contributed by atoms with Crippen molar-refractivity contribution in [3.63, 3.8) is 0 Å². The first-order chi connectivity index (χ1) is 9.22. The lowest BCUT2D eigenvalue weighted by molar-refractivity contribution is 0.357. The topological polar surface area (TPSA) is 21.3 Å². The lowest BCUT2D eigenvalue weighted by Gasteiger charge is -2.16. The van der Waals surface area contributed by atoms with Crippen molar-refractivity contribution in [1.29, 1.82) is 0 Å². The number of anilines is 1. The van der Waals surface area contributed by atoms with Crippen molar-refractivity contribution in [2.24, 2.45) is 0 Å². The Hall–Kier alpha value is -2.03. The Kier molecular flexibility index (Phi) is 3.11. The third-order valence-corrected chi connectivity index (χ3v) is 3.42. The summed E-state index contributed by atoms with van der Waals surface area (Å²) in [6.45, 7) is 2.84. The minimum atomic E-state index is -0.223. The molecule has 1 unspecified atom stereocenters. The van der Waals surface area contributed by atoms with Crippen molar-refractivity contribution in [3.8, 4) is 5.75 Å². The maximum Gasteiger partial charge on any atom is 0.125 e. The van der Waals surface area contributed by atoms with Crippen molar-refractivity contribution >= 4 is 5.69 Å². The molecule has 1 aliphatic rings. The summed E-state index contributed by atoms with van der Waals surface area (Å²) in [6.07, 6.45) is 0.968. The minimum Gasteiger partial charge on any atom is -0.493 e. The maximum atomic E-state index is 13.1. The Labute approximate surface area is 112 Å². The Balaban J connectivity index is 1.78. The molecule has 98 valence electrons. The number of ether oxygens (including phenoxy) is 1. The van der Waals surface area contributed by atoms with Gasteiger partial charge in [-0.05, 0) is 48.4 Å². The molecule has 2 aromatic rings. The molecule has 3 heteroatoms. The molecule has 1 aliphatic heterocycles. The monoisotopic (exact) mass is 257 g/mol. The largest absolute Gasteiger partial charge is 0.493 e. The quantitative estimate of drug-likeness (QED) is 0.899. The van der Waals surface area contributed by atoms with E-state index in [1.165, 1.54) is 23.3 Å². The van der Waals surface area contributed by atoms with Crippen molar-refractivity contribution < 1.29 is 9.13 Å². The summed E-state index contributed by atoms with van der Waals surface area (Å²) in [5, 5.41) is 3.31. The molecule has 0 aromatic heterocycles. The van der Waals surface area contributed by atoms with Gasteiger partial charge in [0.05, 0.1) is 6.61 Å². The zero-order valence-corrected chi connectivity index (χ0v) is 10.8. The van der Waals surface area contributed by atoms with E-state index in [0.29, 0.717) is 0 Å². The van der Waals surface area contributed by atoms with Gasteiger partial charge in [0.15, 0.2) is 0 Å². The average molecular weight is 257 g/mol. The fourth-order valence-electron chi connectivity index (χ4n) is 2.39. The van der Waals surface area contributed by atoms with Crippen LogP contribution in [0.1, 0.15) is 24.1 Å². The maximum absolute atomic E-state index is 13.1. The summed E-state index contributed by atoms with van der Waals surface area (Å²) in [6, 6.07) is 12.9. The number of halogens is 1. The minimum absolute atomic E-state index is 0.132. The van der Waals surface area contributed by atoms with Crippen LogP contribution in [0.5, 0.6) is 5.75 Å². The van der Waals surface area contributed by atoms with Crippen molar-refractivity contribution in [3.05, 3.63) is 59.4 Å². The molecule has 19 heavy (non-hydrogen) atoms. The second kappa shape index (κ2) is 4.92. The summed E-state index contributed by atoms with van der Waals surface area (Å²) in [4.78, 5) is 0. The molecule has 0 amide bonds. The highest BCUT2D eigenvalue weighted by Crippen LogP contribution is 2.29. The smallest absolute Gasteiger partial charge is 0.125 e. The van der Waals surface area contributed by atoms with E-state index in [-0.39, 0.29) is 11.9 Å². The van der Waals surface area contributed by atoms with Gasteiger partial charge in [0, 0.05) is 18.2 Å². The van der Waals surface area contributed by atoms with E-state index >= 15 is 0 Å². The number of hydrogen-bond donors (Lipinski definition) is 1. The van der Waals surface area contributed by atoms with Gasteiger partial charge in [0.1, 0.15) is 11.6 Å². The van der Waals surface area contributed by atoms with Crippen LogP contribution >= 0.6 is 0 Å². The number of hydrogen-bond acceptors (Lipinski definition) is 2. The van der Waals surface area contributed by atoms with Gasteiger partial charge in [-0.25, -0.2) is 4.39 Å². The van der Waals surface area contributed by atoms with Gasteiger partial charge < -0.3 is 10.1 Å². The van der Waals surface area contributed by atoms with Gasteiger partial charge in [-0.3, -0.25) is 0 Å². The normalized spacial score (nSPS) is 14.6. The molecule has 0 aliphatic carbocycles. The fraction of sp³-hybridized carbons (Fsp3) is 0.250. The van der Waals surface area contributed by atoms with E-state index in [4.69, 9.17) is 4.74 Å². The van der Waals surface area contributed by atoms with Crippen LogP contribution in [0.3, 0.4) is 0 Å². The fourth-order valence-corrected chi connectivity index (χ4v) is 2.39. The highest BCUT2D eigenvalue weighted by atomic mass is 19.1. The lowest BCUT2D eigenvalue weighted by atomic mass is 10.0. The first-order valence-electron chi connectivity index (χ1n) is 6.50. The van der Waals surface area contributed by atoms with Crippen LogP contribution < -0.4 is 10.1 Å². The third-order valence-electron chi connectivity index (χ3n) is 3.42. The van der Waals surface area contributed by atoms with Crippen LogP contribution in [-0.2, 0) is 6.42 Å². The van der Waals surface area contributed by atoms with Crippen molar-refractivity contribution in [1.82, 2.24) is 0 Å². The van der Waals surface area contributed by atoms with Crippen LogP contribution in [0.15, 0.2) is 42.5 Å². The van der Waals surface area contributed by atoms with Gasteiger partial charge in [0.25, 0.3) is 0 Å². The highest BCUT2D eigenvalue weighted by Gasteiger charge is 2.14. The zero-order valence-electron chi connectivity index (χ0n) is 10.8. The Bertz CT molecular complexity index is 597. The first kappa shape index (κ1) is 12.0. The molecule has 2 nitrogen and oxygen atoms in total.